The summed E-state index contributed by atoms with van der Waals surface area (Å²) >= 11 is 0. The molecule has 0 amide bonds. The number of esters is 1. The molecule has 1 aromatic carbocycles. The number of allylic oxidation sites excluding steroid dienone is 1. The van der Waals surface area contributed by atoms with Crippen LogP contribution in [0.2, 0.25) is 0 Å². The van der Waals surface area contributed by atoms with Gasteiger partial charge in [-0.2, -0.15) is 0 Å². The fourth-order valence-electron chi connectivity index (χ4n) is 4.08. The van der Waals surface area contributed by atoms with E-state index in [2.05, 4.69) is 0 Å². The molecule has 0 radical (unpaired) electrons. The van der Waals surface area contributed by atoms with E-state index in [9.17, 15) is 34.9 Å². The van der Waals surface area contributed by atoms with E-state index < -0.39 is 63.3 Å². The largest absolute Gasteiger partial charge is 0.507 e. The normalized spacial score (nSPS) is 27.6. The molecule has 4 unspecified atom stereocenters. The van der Waals surface area contributed by atoms with Crippen molar-refractivity contribution in [3.8, 4) is 0 Å². The van der Waals surface area contributed by atoms with Gasteiger partial charge in [-0.15, -0.1) is 0 Å². The number of aliphatic hydroxyl groups is 1. The van der Waals surface area contributed by atoms with Crippen LogP contribution in [-0.2, 0) is 14.3 Å². The molecule has 0 heterocycles. The summed E-state index contributed by atoms with van der Waals surface area (Å²) in [6.45, 7) is 1.50. The minimum absolute atomic E-state index is 0.0275. The molecule has 10 nitrogen and oxygen atoms in total. The molecule has 0 spiro atoms. The summed E-state index contributed by atoms with van der Waals surface area (Å²) < 4.78 is 4.90. The van der Waals surface area contributed by atoms with E-state index in [1.54, 1.807) is 18.2 Å². The van der Waals surface area contributed by atoms with Crippen molar-refractivity contribution < 1.29 is 29.3 Å². The molecule has 29 heavy (non-hydrogen) atoms. The van der Waals surface area contributed by atoms with Crippen LogP contribution in [0.1, 0.15) is 18.9 Å². The van der Waals surface area contributed by atoms with Crippen LogP contribution < -0.4 is 0 Å². The van der Waals surface area contributed by atoms with Crippen LogP contribution in [0.3, 0.4) is 0 Å². The van der Waals surface area contributed by atoms with Crippen molar-refractivity contribution in [3.63, 3.8) is 0 Å². The van der Waals surface area contributed by atoms with Gasteiger partial charge < -0.3 is 9.84 Å². The predicted octanol–water partition coefficient (Wildman–Crippen LogP) is 2.16. The zero-order valence-corrected chi connectivity index (χ0v) is 15.4. The number of fused-ring (bicyclic) bond motifs is 2. The van der Waals surface area contributed by atoms with Crippen molar-refractivity contribution in [1.29, 1.82) is 0 Å². The van der Waals surface area contributed by atoms with Crippen LogP contribution in [0.25, 0.3) is 5.76 Å². The highest BCUT2D eigenvalue weighted by molar-refractivity contribution is 5.93. The van der Waals surface area contributed by atoms with Crippen LogP contribution in [0.15, 0.2) is 47.7 Å². The number of Topliss-reactive ketones (excluding diaryl/α,β-unsaturated/α-hetero) is 1. The number of ketones is 1. The third-order valence-electron chi connectivity index (χ3n) is 5.26. The Bertz CT molecular complexity index is 937. The van der Waals surface area contributed by atoms with Crippen molar-refractivity contribution in [2.45, 2.75) is 19.4 Å². The van der Waals surface area contributed by atoms with E-state index in [1.165, 1.54) is 19.1 Å². The number of carbonyl (C=O) groups excluding carboxylic acids is 2. The zero-order chi connectivity index (χ0) is 21.3. The van der Waals surface area contributed by atoms with Gasteiger partial charge in [0.25, 0.3) is 5.70 Å². The number of hydrogen-bond acceptors (Lipinski definition) is 8. The van der Waals surface area contributed by atoms with Crippen LogP contribution in [0.5, 0.6) is 0 Å². The maximum Gasteiger partial charge on any atom is 0.310 e. The number of nitrogens with zero attached hydrogens (tertiary/aromatic N) is 2. The van der Waals surface area contributed by atoms with Gasteiger partial charge in [0.05, 0.1) is 17.4 Å². The lowest BCUT2D eigenvalue weighted by molar-refractivity contribution is -0.550. The van der Waals surface area contributed by atoms with Crippen molar-refractivity contribution in [3.05, 3.63) is 73.5 Å². The molecule has 2 bridgehead atoms. The maximum absolute atomic E-state index is 12.8. The Morgan fingerprint density at radius 1 is 1.24 bits per heavy atom. The molecular weight excluding hydrogens is 384 g/mol. The molecule has 2 aliphatic carbocycles. The van der Waals surface area contributed by atoms with Gasteiger partial charge in [-0.1, -0.05) is 30.3 Å². The number of carbonyl (C=O) groups is 2. The molecule has 1 saturated carbocycles. The first-order valence-electron chi connectivity index (χ1n) is 8.95. The topological polar surface area (TPSA) is 150 Å². The van der Waals surface area contributed by atoms with Crippen molar-refractivity contribution >= 4 is 17.5 Å². The second kappa shape index (κ2) is 7.82. The van der Waals surface area contributed by atoms with Gasteiger partial charge in [-0.05, 0) is 6.92 Å². The number of rotatable bonds is 5. The number of hydrogen-bond donors (Lipinski definition) is 1. The van der Waals surface area contributed by atoms with Crippen molar-refractivity contribution in [1.82, 2.24) is 0 Å². The van der Waals surface area contributed by atoms with Gasteiger partial charge in [0.1, 0.15) is 23.4 Å². The Hall–Kier alpha value is -3.56. The highest BCUT2D eigenvalue weighted by Crippen LogP contribution is 2.47. The van der Waals surface area contributed by atoms with E-state index >= 15 is 0 Å². The van der Waals surface area contributed by atoms with E-state index in [1.807, 2.05) is 0 Å². The molecule has 10 heteroatoms. The molecular formula is C19H18N2O8. The Kier molecular flexibility index (Phi) is 5.44. The summed E-state index contributed by atoms with van der Waals surface area (Å²) in [6, 6.07) is 6.19. The Balaban J connectivity index is 2.25. The summed E-state index contributed by atoms with van der Waals surface area (Å²) in [5.41, 5.74) is -0.513. The fourth-order valence-corrected chi connectivity index (χ4v) is 4.08. The number of nitro groups is 2. The number of ether oxygens (including phenoxy) is 1. The molecule has 0 saturated heterocycles. The summed E-state index contributed by atoms with van der Waals surface area (Å²) in [7, 11) is 0. The van der Waals surface area contributed by atoms with E-state index in [0.717, 1.165) is 6.08 Å². The monoisotopic (exact) mass is 402 g/mol. The van der Waals surface area contributed by atoms with Gasteiger partial charge in [-0.3, -0.25) is 29.8 Å². The standard InChI is InChI=1S/C19H18N2O8/c1-2-29-19(24)12-9-14(22)16-11(18(23)10-6-4-3-5-7-10)8-13(20(25)26)15(12)17(16)21(27)28/h3-8,12,15-17,23H,2,9H2,1H3/b18-11-. The first kappa shape index (κ1) is 20.2. The van der Waals surface area contributed by atoms with Gasteiger partial charge in [0.2, 0.25) is 6.04 Å². The molecule has 2 aliphatic rings. The fraction of sp³-hybridized carbons (Fsp3) is 0.368. The van der Waals surface area contributed by atoms with Crippen LogP contribution in [0, 0.1) is 38.0 Å². The highest BCUT2D eigenvalue weighted by Gasteiger charge is 2.62. The molecule has 0 aliphatic heterocycles. The Morgan fingerprint density at radius 2 is 1.90 bits per heavy atom. The minimum atomic E-state index is -1.75. The maximum atomic E-state index is 12.8. The second-order valence-corrected chi connectivity index (χ2v) is 6.80. The Morgan fingerprint density at radius 3 is 2.45 bits per heavy atom. The highest BCUT2D eigenvalue weighted by atomic mass is 16.6. The summed E-state index contributed by atoms with van der Waals surface area (Å²) in [5.74, 6) is -6.13. The molecule has 4 atom stereocenters. The Labute approximate surface area is 164 Å². The quantitative estimate of drug-likeness (QED) is 0.341. The van der Waals surface area contributed by atoms with Gasteiger partial charge in [0, 0.05) is 28.6 Å². The SMILES string of the molecule is CCOC(=O)C1CC(=O)C2/C(=C(\O)c3ccccc3)C=C([N+](=O)[O-])C1C2[N+](=O)[O-]. The lowest BCUT2D eigenvalue weighted by Gasteiger charge is -2.37. The molecule has 0 aromatic heterocycles. The molecule has 3 rings (SSSR count). The van der Waals surface area contributed by atoms with E-state index in [4.69, 9.17) is 4.74 Å². The minimum Gasteiger partial charge on any atom is -0.507 e. The molecule has 1 fully saturated rings. The number of aliphatic hydroxyl groups excluding tert-OH is 1. The molecule has 152 valence electrons. The number of benzene rings is 1. The molecule has 1 aromatic rings. The average Bonchev–Trinajstić information content (AvgIpc) is 2.69. The van der Waals surface area contributed by atoms with Crippen LogP contribution in [-0.4, -0.2) is 39.4 Å². The predicted molar refractivity (Wildman–Crippen MR) is 98.6 cm³/mol. The summed E-state index contributed by atoms with van der Waals surface area (Å²) in [6.07, 6.45) is 0.552. The first-order valence-corrected chi connectivity index (χ1v) is 8.95. The third kappa shape index (κ3) is 3.48. The van der Waals surface area contributed by atoms with Crippen molar-refractivity contribution in [2.75, 3.05) is 6.61 Å². The van der Waals surface area contributed by atoms with E-state index in [-0.39, 0.29) is 17.7 Å². The third-order valence-corrected chi connectivity index (χ3v) is 5.26. The second-order valence-electron chi connectivity index (χ2n) is 6.80. The van der Waals surface area contributed by atoms with Gasteiger partial charge in [0.15, 0.2) is 0 Å². The van der Waals surface area contributed by atoms with Gasteiger partial charge in [-0.25, -0.2) is 0 Å². The lowest BCUT2D eigenvalue weighted by Crippen LogP contribution is -2.55. The van der Waals surface area contributed by atoms with Crippen molar-refractivity contribution in [2.24, 2.45) is 17.8 Å². The van der Waals surface area contributed by atoms with E-state index in [0.29, 0.717) is 0 Å². The average molecular weight is 402 g/mol. The van der Waals surface area contributed by atoms with Crippen LogP contribution >= 0.6 is 0 Å². The molecule has 1 N–H and O–H groups in total. The zero-order valence-electron chi connectivity index (χ0n) is 15.4. The first-order chi connectivity index (χ1) is 13.8. The lowest BCUT2D eigenvalue weighted by atomic mass is 9.62. The smallest absolute Gasteiger partial charge is 0.310 e. The van der Waals surface area contributed by atoms with Crippen LogP contribution in [0.4, 0.5) is 0 Å². The summed E-state index contributed by atoms with van der Waals surface area (Å²) in [4.78, 5) is 47.1. The van der Waals surface area contributed by atoms with Gasteiger partial charge >= 0.3 is 5.97 Å². The summed E-state index contributed by atoms with van der Waals surface area (Å²) in [5, 5.41) is 34.2.